The molecule has 5 nitrogen and oxygen atoms in total. The number of amides is 1. The molecular formula is C18H24N2O3. The highest BCUT2D eigenvalue weighted by molar-refractivity contribution is 5.94. The quantitative estimate of drug-likeness (QED) is 0.892. The van der Waals surface area contributed by atoms with Crippen molar-refractivity contribution in [2.75, 3.05) is 6.54 Å². The molecule has 1 aliphatic heterocycles. The Morgan fingerprint density at radius 2 is 2.13 bits per heavy atom. The van der Waals surface area contributed by atoms with Crippen molar-refractivity contribution in [3.05, 3.63) is 35.9 Å². The number of carbonyl (C=O) groups excluding carboxylic acids is 2. The van der Waals surface area contributed by atoms with Gasteiger partial charge < -0.3 is 5.32 Å². The first kappa shape index (κ1) is 16.1. The highest BCUT2D eigenvalue weighted by Crippen LogP contribution is 2.35. The summed E-state index contributed by atoms with van der Waals surface area (Å²) in [7, 11) is 0. The minimum absolute atomic E-state index is 0.0152. The number of benzene rings is 1. The average Bonchev–Trinajstić information content (AvgIpc) is 2.57. The van der Waals surface area contributed by atoms with Crippen LogP contribution in [-0.4, -0.2) is 30.4 Å². The van der Waals surface area contributed by atoms with Crippen LogP contribution in [0.4, 0.5) is 0 Å². The van der Waals surface area contributed by atoms with Crippen LogP contribution in [0.1, 0.15) is 43.0 Å². The molecule has 4 unspecified atom stereocenters. The van der Waals surface area contributed by atoms with Gasteiger partial charge in [0.1, 0.15) is 5.78 Å². The van der Waals surface area contributed by atoms with Crippen molar-refractivity contribution in [2.45, 2.75) is 44.8 Å². The lowest BCUT2D eigenvalue weighted by atomic mass is 9.74. The van der Waals surface area contributed by atoms with Crippen molar-refractivity contribution in [2.24, 2.45) is 11.8 Å². The number of hydroxylamine groups is 1. The highest BCUT2D eigenvalue weighted by atomic mass is 16.7. The molecular weight excluding hydrogens is 292 g/mol. The summed E-state index contributed by atoms with van der Waals surface area (Å²) < 4.78 is 0. The number of rotatable bonds is 4. The van der Waals surface area contributed by atoms with Crippen LogP contribution in [0.2, 0.25) is 0 Å². The van der Waals surface area contributed by atoms with Crippen LogP contribution in [0.15, 0.2) is 30.3 Å². The standard InChI is InChI=1S/C18H24N2O3/c1-12-15-8-7-14(21)11-17(15)23-20-16(12)9-10-19-18(22)13-5-3-2-4-6-13/h2-6,12,15-17,20H,7-11H2,1H3,(H,19,22). The van der Waals surface area contributed by atoms with Crippen molar-refractivity contribution in [3.63, 3.8) is 0 Å². The van der Waals surface area contributed by atoms with Crippen LogP contribution in [0.5, 0.6) is 0 Å². The van der Waals surface area contributed by atoms with Gasteiger partial charge in [0, 0.05) is 31.0 Å². The maximum absolute atomic E-state index is 12.0. The van der Waals surface area contributed by atoms with Gasteiger partial charge in [-0.1, -0.05) is 25.1 Å². The van der Waals surface area contributed by atoms with E-state index in [9.17, 15) is 9.59 Å². The molecule has 3 rings (SSSR count). The molecule has 2 aliphatic rings. The topological polar surface area (TPSA) is 67.4 Å². The Morgan fingerprint density at radius 1 is 1.35 bits per heavy atom. The zero-order valence-corrected chi connectivity index (χ0v) is 13.5. The second-order valence-electron chi connectivity index (χ2n) is 6.60. The van der Waals surface area contributed by atoms with E-state index in [1.807, 2.05) is 30.3 Å². The van der Waals surface area contributed by atoms with Crippen LogP contribution in [-0.2, 0) is 9.63 Å². The molecule has 23 heavy (non-hydrogen) atoms. The molecule has 1 aromatic rings. The van der Waals surface area contributed by atoms with Gasteiger partial charge in [0.2, 0.25) is 0 Å². The molecule has 1 amide bonds. The Bertz CT molecular complexity index is 561. The minimum atomic E-state index is -0.0453. The summed E-state index contributed by atoms with van der Waals surface area (Å²) in [6.07, 6.45) is 2.95. The molecule has 1 saturated heterocycles. The second-order valence-corrected chi connectivity index (χ2v) is 6.60. The predicted octanol–water partition coefficient (Wildman–Crippen LogP) is 2.08. The fourth-order valence-corrected chi connectivity index (χ4v) is 3.66. The van der Waals surface area contributed by atoms with E-state index in [0.717, 1.165) is 12.8 Å². The molecule has 1 heterocycles. The van der Waals surface area contributed by atoms with Crippen molar-refractivity contribution in [1.29, 1.82) is 0 Å². The van der Waals surface area contributed by atoms with E-state index in [1.165, 1.54) is 0 Å². The van der Waals surface area contributed by atoms with Gasteiger partial charge in [0.05, 0.1) is 6.10 Å². The first-order valence-electron chi connectivity index (χ1n) is 8.41. The van der Waals surface area contributed by atoms with Gasteiger partial charge in [0.25, 0.3) is 5.91 Å². The predicted molar refractivity (Wildman–Crippen MR) is 86.7 cm³/mol. The molecule has 0 radical (unpaired) electrons. The number of Topliss-reactive ketones (excluding diaryl/α,β-unsaturated/α-hetero) is 1. The zero-order chi connectivity index (χ0) is 16.2. The van der Waals surface area contributed by atoms with Crippen LogP contribution in [0, 0.1) is 11.8 Å². The number of hydrogen-bond donors (Lipinski definition) is 2. The zero-order valence-electron chi connectivity index (χ0n) is 13.5. The lowest BCUT2D eigenvalue weighted by molar-refractivity contribution is -0.160. The van der Waals surface area contributed by atoms with Gasteiger partial charge >= 0.3 is 0 Å². The summed E-state index contributed by atoms with van der Waals surface area (Å²) >= 11 is 0. The summed E-state index contributed by atoms with van der Waals surface area (Å²) in [5.41, 5.74) is 3.78. The summed E-state index contributed by atoms with van der Waals surface area (Å²) in [6, 6.07) is 9.44. The van der Waals surface area contributed by atoms with E-state index in [-0.39, 0.29) is 18.1 Å². The Kier molecular flexibility index (Phi) is 5.08. The van der Waals surface area contributed by atoms with Crippen molar-refractivity contribution < 1.29 is 14.4 Å². The van der Waals surface area contributed by atoms with Crippen LogP contribution >= 0.6 is 0 Å². The van der Waals surface area contributed by atoms with Crippen LogP contribution in [0.25, 0.3) is 0 Å². The van der Waals surface area contributed by atoms with Gasteiger partial charge in [-0.3, -0.25) is 14.4 Å². The Morgan fingerprint density at radius 3 is 2.91 bits per heavy atom. The van der Waals surface area contributed by atoms with Crippen molar-refractivity contribution in [3.8, 4) is 0 Å². The summed E-state index contributed by atoms with van der Waals surface area (Å²) in [4.78, 5) is 29.3. The lowest BCUT2D eigenvalue weighted by Crippen LogP contribution is -2.53. The molecule has 2 fully saturated rings. The van der Waals surface area contributed by atoms with Gasteiger partial charge in [0.15, 0.2) is 0 Å². The Labute approximate surface area is 136 Å². The van der Waals surface area contributed by atoms with E-state index >= 15 is 0 Å². The SMILES string of the molecule is CC1C(CCNC(=O)c2ccccc2)NOC2CC(=O)CCC21. The van der Waals surface area contributed by atoms with Crippen molar-refractivity contribution >= 4 is 11.7 Å². The molecule has 1 saturated carbocycles. The van der Waals surface area contributed by atoms with Crippen molar-refractivity contribution in [1.82, 2.24) is 10.8 Å². The van der Waals surface area contributed by atoms with E-state index in [2.05, 4.69) is 17.7 Å². The number of carbonyl (C=O) groups is 2. The third-order valence-corrected chi connectivity index (χ3v) is 5.12. The molecule has 0 bridgehead atoms. The van der Waals surface area contributed by atoms with Gasteiger partial charge in [-0.05, 0) is 36.8 Å². The smallest absolute Gasteiger partial charge is 0.251 e. The van der Waals surface area contributed by atoms with Crippen LogP contribution in [0.3, 0.4) is 0 Å². The molecule has 2 N–H and O–H groups in total. The first-order valence-corrected chi connectivity index (χ1v) is 8.41. The van der Waals surface area contributed by atoms with Gasteiger partial charge in [-0.25, -0.2) is 0 Å². The van der Waals surface area contributed by atoms with E-state index in [4.69, 9.17) is 4.84 Å². The average molecular weight is 316 g/mol. The fourth-order valence-electron chi connectivity index (χ4n) is 3.66. The Balaban J connectivity index is 1.47. The number of nitrogens with one attached hydrogen (secondary N) is 2. The monoisotopic (exact) mass is 316 g/mol. The largest absolute Gasteiger partial charge is 0.352 e. The first-order chi connectivity index (χ1) is 11.1. The maximum Gasteiger partial charge on any atom is 0.251 e. The molecule has 0 aromatic heterocycles. The van der Waals surface area contributed by atoms with Gasteiger partial charge in [-0.2, -0.15) is 5.48 Å². The molecule has 1 aliphatic carbocycles. The lowest BCUT2D eigenvalue weighted by Gasteiger charge is -2.43. The van der Waals surface area contributed by atoms with E-state index < -0.39 is 0 Å². The molecule has 124 valence electrons. The number of ketones is 1. The minimum Gasteiger partial charge on any atom is -0.352 e. The molecule has 5 heteroatoms. The summed E-state index contributed by atoms with van der Waals surface area (Å²) in [5, 5.41) is 2.96. The normalized spacial score (nSPS) is 30.6. The fraction of sp³-hybridized carbons (Fsp3) is 0.556. The highest BCUT2D eigenvalue weighted by Gasteiger charge is 2.40. The molecule has 0 spiro atoms. The Hall–Kier alpha value is -1.72. The third-order valence-electron chi connectivity index (χ3n) is 5.12. The van der Waals surface area contributed by atoms with Gasteiger partial charge in [-0.15, -0.1) is 0 Å². The third kappa shape index (κ3) is 3.79. The summed E-state index contributed by atoms with van der Waals surface area (Å²) in [6.45, 7) is 2.82. The second kappa shape index (κ2) is 7.23. The number of hydrogen-bond acceptors (Lipinski definition) is 4. The van der Waals surface area contributed by atoms with Crippen LogP contribution < -0.4 is 10.8 Å². The number of fused-ring (bicyclic) bond motifs is 1. The van der Waals surface area contributed by atoms with E-state index in [1.54, 1.807) is 0 Å². The molecule has 4 atom stereocenters. The molecule has 1 aromatic carbocycles. The maximum atomic E-state index is 12.0. The van der Waals surface area contributed by atoms with E-state index in [0.29, 0.717) is 42.6 Å². The summed E-state index contributed by atoms with van der Waals surface area (Å²) in [5.74, 6) is 1.13.